The molecule has 2 unspecified atom stereocenters. The van der Waals surface area contributed by atoms with Gasteiger partial charge in [-0.3, -0.25) is 4.90 Å². The SMILES string of the molecule is CCCNC1(CO)CCC(N2CCCC2(C)C)C1. The summed E-state index contributed by atoms with van der Waals surface area (Å²) >= 11 is 0. The van der Waals surface area contributed by atoms with Crippen molar-refractivity contribution in [1.82, 2.24) is 10.2 Å². The highest BCUT2D eigenvalue weighted by Crippen LogP contribution is 2.39. The third kappa shape index (κ3) is 2.73. The van der Waals surface area contributed by atoms with E-state index in [1.54, 1.807) is 0 Å². The summed E-state index contributed by atoms with van der Waals surface area (Å²) in [7, 11) is 0. The summed E-state index contributed by atoms with van der Waals surface area (Å²) in [5.41, 5.74) is 0.361. The van der Waals surface area contributed by atoms with E-state index in [2.05, 4.69) is 31.0 Å². The average molecular weight is 254 g/mol. The van der Waals surface area contributed by atoms with Crippen LogP contribution in [0.3, 0.4) is 0 Å². The Morgan fingerprint density at radius 3 is 2.67 bits per heavy atom. The molecule has 18 heavy (non-hydrogen) atoms. The second kappa shape index (κ2) is 5.48. The first-order chi connectivity index (χ1) is 8.53. The molecule has 1 heterocycles. The monoisotopic (exact) mass is 254 g/mol. The lowest BCUT2D eigenvalue weighted by Crippen LogP contribution is -2.50. The summed E-state index contributed by atoms with van der Waals surface area (Å²) < 4.78 is 0. The molecule has 2 atom stereocenters. The van der Waals surface area contributed by atoms with Gasteiger partial charge in [-0.15, -0.1) is 0 Å². The van der Waals surface area contributed by atoms with Crippen molar-refractivity contribution in [3.63, 3.8) is 0 Å². The Hall–Kier alpha value is -0.120. The summed E-state index contributed by atoms with van der Waals surface area (Å²) in [6.07, 6.45) is 7.27. The zero-order valence-corrected chi connectivity index (χ0v) is 12.3. The maximum Gasteiger partial charge on any atom is 0.0613 e. The molecule has 0 aromatic rings. The van der Waals surface area contributed by atoms with Crippen LogP contribution in [0.4, 0.5) is 0 Å². The molecular weight excluding hydrogens is 224 g/mol. The number of likely N-dealkylation sites (tertiary alicyclic amines) is 1. The molecule has 1 saturated carbocycles. The fourth-order valence-corrected chi connectivity index (χ4v) is 3.92. The second-order valence-corrected chi connectivity index (χ2v) is 6.87. The summed E-state index contributed by atoms with van der Waals surface area (Å²) in [6, 6.07) is 0.666. The molecule has 0 radical (unpaired) electrons. The van der Waals surface area contributed by atoms with Crippen LogP contribution < -0.4 is 5.32 Å². The van der Waals surface area contributed by atoms with Crippen molar-refractivity contribution in [1.29, 1.82) is 0 Å². The summed E-state index contributed by atoms with van der Waals surface area (Å²) in [6.45, 7) is 9.49. The maximum absolute atomic E-state index is 9.75. The first-order valence-electron chi connectivity index (χ1n) is 7.66. The van der Waals surface area contributed by atoms with Crippen molar-refractivity contribution in [3.05, 3.63) is 0 Å². The van der Waals surface area contributed by atoms with E-state index in [-0.39, 0.29) is 12.1 Å². The molecule has 2 rings (SSSR count). The predicted octanol–water partition coefficient (Wildman–Crippen LogP) is 2.14. The average Bonchev–Trinajstić information content (AvgIpc) is 2.90. The Bertz CT molecular complexity index is 280. The quantitative estimate of drug-likeness (QED) is 0.789. The van der Waals surface area contributed by atoms with Crippen LogP contribution in [0.25, 0.3) is 0 Å². The molecule has 0 aromatic heterocycles. The van der Waals surface area contributed by atoms with E-state index in [1.807, 2.05) is 0 Å². The molecule has 1 aliphatic carbocycles. The van der Waals surface area contributed by atoms with Gasteiger partial charge in [0.25, 0.3) is 0 Å². The van der Waals surface area contributed by atoms with Crippen molar-refractivity contribution in [2.24, 2.45) is 0 Å². The van der Waals surface area contributed by atoms with Crippen LogP contribution in [0.15, 0.2) is 0 Å². The van der Waals surface area contributed by atoms with Gasteiger partial charge in [0.2, 0.25) is 0 Å². The van der Waals surface area contributed by atoms with Crippen LogP contribution in [-0.4, -0.2) is 46.8 Å². The van der Waals surface area contributed by atoms with Crippen molar-refractivity contribution >= 4 is 0 Å². The van der Waals surface area contributed by atoms with Crippen LogP contribution in [-0.2, 0) is 0 Å². The van der Waals surface area contributed by atoms with Crippen molar-refractivity contribution in [2.75, 3.05) is 19.7 Å². The van der Waals surface area contributed by atoms with Gasteiger partial charge in [0.05, 0.1) is 6.61 Å². The number of nitrogens with zero attached hydrogens (tertiary/aromatic N) is 1. The number of rotatable bonds is 5. The van der Waals surface area contributed by atoms with Crippen LogP contribution in [0, 0.1) is 0 Å². The molecule has 2 fully saturated rings. The van der Waals surface area contributed by atoms with Crippen LogP contribution in [0.2, 0.25) is 0 Å². The number of aliphatic hydroxyl groups is 1. The molecule has 1 aliphatic heterocycles. The van der Waals surface area contributed by atoms with Gasteiger partial charge in [0.15, 0.2) is 0 Å². The molecule has 0 aromatic carbocycles. The Labute approximate surface area is 112 Å². The molecule has 3 heteroatoms. The molecule has 0 amide bonds. The molecule has 0 bridgehead atoms. The topological polar surface area (TPSA) is 35.5 Å². The third-order valence-electron chi connectivity index (χ3n) is 5.04. The number of hydrogen-bond donors (Lipinski definition) is 2. The van der Waals surface area contributed by atoms with Gasteiger partial charge in [-0.1, -0.05) is 6.92 Å². The van der Waals surface area contributed by atoms with Gasteiger partial charge in [0, 0.05) is 17.1 Å². The molecule has 1 saturated heterocycles. The van der Waals surface area contributed by atoms with Gasteiger partial charge in [-0.05, 0) is 65.5 Å². The first kappa shape index (κ1) is 14.3. The summed E-state index contributed by atoms with van der Waals surface area (Å²) in [5.74, 6) is 0. The fraction of sp³-hybridized carbons (Fsp3) is 1.00. The van der Waals surface area contributed by atoms with E-state index in [0.717, 1.165) is 25.8 Å². The van der Waals surface area contributed by atoms with Gasteiger partial charge >= 0.3 is 0 Å². The lowest BCUT2D eigenvalue weighted by atomic mass is 9.96. The van der Waals surface area contributed by atoms with E-state index in [1.165, 1.54) is 25.8 Å². The van der Waals surface area contributed by atoms with E-state index in [0.29, 0.717) is 11.6 Å². The Balaban J connectivity index is 1.98. The van der Waals surface area contributed by atoms with Crippen molar-refractivity contribution in [2.45, 2.75) is 76.4 Å². The number of nitrogens with one attached hydrogen (secondary N) is 1. The minimum absolute atomic E-state index is 0.000648. The zero-order valence-electron chi connectivity index (χ0n) is 12.3. The highest BCUT2D eigenvalue weighted by Gasteiger charge is 2.45. The van der Waals surface area contributed by atoms with E-state index in [4.69, 9.17) is 0 Å². The van der Waals surface area contributed by atoms with E-state index >= 15 is 0 Å². The van der Waals surface area contributed by atoms with Crippen LogP contribution in [0.5, 0.6) is 0 Å². The van der Waals surface area contributed by atoms with E-state index in [9.17, 15) is 5.11 Å². The normalized spacial score (nSPS) is 36.3. The van der Waals surface area contributed by atoms with Crippen LogP contribution >= 0.6 is 0 Å². The van der Waals surface area contributed by atoms with Crippen molar-refractivity contribution < 1.29 is 5.11 Å². The maximum atomic E-state index is 9.75. The number of hydrogen-bond acceptors (Lipinski definition) is 3. The Morgan fingerprint density at radius 1 is 1.33 bits per heavy atom. The minimum atomic E-state index is -0.000648. The molecular formula is C15H30N2O. The Morgan fingerprint density at radius 2 is 2.11 bits per heavy atom. The summed E-state index contributed by atoms with van der Waals surface area (Å²) in [4.78, 5) is 2.69. The first-order valence-corrected chi connectivity index (χ1v) is 7.66. The molecule has 2 N–H and O–H groups in total. The summed E-state index contributed by atoms with van der Waals surface area (Å²) in [5, 5.41) is 13.4. The second-order valence-electron chi connectivity index (χ2n) is 6.87. The molecule has 106 valence electrons. The standard InChI is InChI=1S/C15H30N2O/c1-4-9-16-15(12-18)8-6-13(11-15)17-10-5-7-14(17,2)3/h13,16,18H,4-12H2,1-3H3. The largest absolute Gasteiger partial charge is 0.394 e. The Kier molecular flexibility index (Phi) is 4.35. The van der Waals surface area contributed by atoms with Crippen LogP contribution in [0.1, 0.15) is 59.3 Å². The van der Waals surface area contributed by atoms with E-state index < -0.39 is 0 Å². The number of aliphatic hydroxyl groups excluding tert-OH is 1. The van der Waals surface area contributed by atoms with Gasteiger partial charge in [-0.2, -0.15) is 0 Å². The smallest absolute Gasteiger partial charge is 0.0613 e. The molecule has 0 spiro atoms. The fourth-order valence-electron chi connectivity index (χ4n) is 3.92. The predicted molar refractivity (Wildman–Crippen MR) is 75.8 cm³/mol. The van der Waals surface area contributed by atoms with Gasteiger partial charge in [0.1, 0.15) is 0 Å². The van der Waals surface area contributed by atoms with Gasteiger partial charge in [-0.25, -0.2) is 0 Å². The van der Waals surface area contributed by atoms with Gasteiger partial charge < -0.3 is 10.4 Å². The molecule has 3 nitrogen and oxygen atoms in total. The highest BCUT2D eigenvalue weighted by atomic mass is 16.3. The lowest BCUT2D eigenvalue weighted by molar-refractivity contribution is 0.101. The lowest BCUT2D eigenvalue weighted by Gasteiger charge is -2.38. The minimum Gasteiger partial charge on any atom is -0.394 e. The van der Waals surface area contributed by atoms with Crippen molar-refractivity contribution in [3.8, 4) is 0 Å². The molecule has 2 aliphatic rings. The third-order valence-corrected chi connectivity index (χ3v) is 5.04. The highest BCUT2D eigenvalue weighted by molar-refractivity contribution is 5.03. The zero-order chi connectivity index (χ0) is 13.2.